The summed E-state index contributed by atoms with van der Waals surface area (Å²) in [6, 6.07) is 7.24. The second kappa shape index (κ2) is 4.63. The zero-order valence-corrected chi connectivity index (χ0v) is 10.00. The van der Waals surface area contributed by atoms with Gasteiger partial charge in [-0.25, -0.2) is 0 Å². The van der Waals surface area contributed by atoms with Gasteiger partial charge in [-0.15, -0.1) is 0 Å². The van der Waals surface area contributed by atoms with Crippen LogP contribution in [0.2, 0.25) is 0 Å². The minimum atomic E-state index is -0.103. The zero-order valence-electron chi connectivity index (χ0n) is 9.18. The normalized spacial score (nSPS) is 15.4. The van der Waals surface area contributed by atoms with Gasteiger partial charge in [0.15, 0.2) is 0 Å². The minimum absolute atomic E-state index is 0.103. The van der Waals surface area contributed by atoms with Crippen LogP contribution in [0.5, 0.6) is 0 Å². The van der Waals surface area contributed by atoms with Crippen molar-refractivity contribution in [2.45, 2.75) is 19.4 Å². The van der Waals surface area contributed by atoms with E-state index >= 15 is 0 Å². The third kappa shape index (κ3) is 2.50. The number of hydrogen-bond donors (Lipinski definition) is 1. The van der Waals surface area contributed by atoms with Crippen molar-refractivity contribution in [3.63, 3.8) is 0 Å². The number of hydrogen-bond acceptors (Lipinski definition) is 3. The number of nitrogens with zero attached hydrogens (tertiary/aromatic N) is 1. The van der Waals surface area contributed by atoms with Crippen molar-refractivity contribution in [2.24, 2.45) is 5.73 Å². The Hall–Kier alpha value is -1.75. The molecule has 2 amide bonds. The van der Waals surface area contributed by atoms with Gasteiger partial charge in [-0.1, -0.05) is 36.5 Å². The molecule has 0 atom stereocenters. The van der Waals surface area contributed by atoms with E-state index in [1.54, 1.807) is 12.1 Å². The fourth-order valence-electron chi connectivity index (χ4n) is 1.76. The minimum Gasteiger partial charge on any atom is -0.389 e. The summed E-state index contributed by atoms with van der Waals surface area (Å²) < 4.78 is 0. The molecule has 2 rings (SSSR count). The molecule has 0 radical (unpaired) electrons. The number of amides is 2. The fraction of sp³-hybridized carbons (Fsp3) is 0.250. The molecular weight excluding hydrogens is 236 g/mol. The number of carbonyl (C=O) groups excluding carboxylic acids is 2. The van der Waals surface area contributed by atoms with Gasteiger partial charge in [0.05, 0.1) is 6.54 Å². The lowest BCUT2D eigenvalue weighted by atomic mass is 10.1. The number of rotatable bonds is 3. The van der Waals surface area contributed by atoms with Gasteiger partial charge in [0, 0.05) is 18.4 Å². The van der Waals surface area contributed by atoms with Crippen molar-refractivity contribution in [3.05, 3.63) is 35.4 Å². The molecular formula is C12H12N2O2S. The Morgan fingerprint density at radius 3 is 2.18 bits per heavy atom. The maximum absolute atomic E-state index is 11.4. The molecule has 1 fully saturated rings. The average molecular weight is 248 g/mol. The molecule has 2 N–H and O–H groups in total. The van der Waals surface area contributed by atoms with Gasteiger partial charge in [-0.05, 0) is 5.56 Å². The summed E-state index contributed by atoms with van der Waals surface area (Å²) in [5.41, 5.74) is 7.16. The summed E-state index contributed by atoms with van der Waals surface area (Å²) in [6.45, 7) is 0.329. The van der Waals surface area contributed by atoms with Crippen LogP contribution >= 0.6 is 12.2 Å². The van der Waals surface area contributed by atoms with Crippen LogP contribution in [0.15, 0.2) is 24.3 Å². The maximum atomic E-state index is 11.4. The van der Waals surface area contributed by atoms with E-state index in [-0.39, 0.29) is 11.8 Å². The highest BCUT2D eigenvalue weighted by molar-refractivity contribution is 7.80. The van der Waals surface area contributed by atoms with Crippen LogP contribution in [0.3, 0.4) is 0 Å². The Balaban J connectivity index is 2.11. The Bertz CT molecular complexity index is 466. The Kier molecular flexibility index (Phi) is 3.19. The van der Waals surface area contributed by atoms with Gasteiger partial charge in [0.1, 0.15) is 4.99 Å². The summed E-state index contributed by atoms with van der Waals surface area (Å²) >= 11 is 4.85. The molecule has 0 aliphatic carbocycles. The first-order chi connectivity index (χ1) is 8.08. The molecule has 0 bridgehead atoms. The van der Waals surface area contributed by atoms with Crippen LogP contribution in [0, 0.1) is 0 Å². The highest BCUT2D eigenvalue weighted by atomic mass is 32.1. The van der Waals surface area contributed by atoms with E-state index in [2.05, 4.69) is 0 Å². The first-order valence-corrected chi connectivity index (χ1v) is 5.70. The van der Waals surface area contributed by atoms with E-state index in [4.69, 9.17) is 18.0 Å². The van der Waals surface area contributed by atoms with E-state index < -0.39 is 0 Å². The summed E-state index contributed by atoms with van der Waals surface area (Å²) in [7, 11) is 0. The van der Waals surface area contributed by atoms with Gasteiger partial charge in [0.25, 0.3) is 0 Å². The molecule has 4 nitrogen and oxygen atoms in total. The van der Waals surface area contributed by atoms with Gasteiger partial charge in [-0.3, -0.25) is 14.5 Å². The number of thiocarbonyl (C=S) groups is 1. The van der Waals surface area contributed by atoms with Crippen LogP contribution < -0.4 is 5.73 Å². The maximum Gasteiger partial charge on any atom is 0.229 e. The molecule has 5 heteroatoms. The second-order valence-electron chi connectivity index (χ2n) is 3.93. The first-order valence-electron chi connectivity index (χ1n) is 5.30. The van der Waals surface area contributed by atoms with E-state index in [9.17, 15) is 9.59 Å². The molecule has 1 aliphatic heterocycles. The molecule has 1 heterocycles. The molecule has 0 unspecified atom stereocenters. The third-order valence-electron chi connectivity index (χ3n) is 2.73. The largest absolute Gasteiger partial charge is 0.389 e. The smallest absolute Gasteiger partial charge is 0.229 e. The molecule has 0 saturated carbocycles. The lowest BCUT2D eigenvalue weighted by molar-refractivity contribution is -0.139. The summed E-state index contributed by atoms with van der Waals surface area (Å²) in [6.07, 6.45) is 0.646. The Morgan fingerprint density at radius 1 is 1.18 bits per heavy atom. The highest BCUT2D eigenvalue weighted by Crippen LogP contribution is 2.16. The molecule has 0 aromatic heterocycles. The van der Waals surface area contributed by atoms with Gasteiger partial charge < -0.3 is 5.73 Å². The Labute approximate surface area is 104 Å². The van der Waals surface area contributed by atoms with E-state index in [1.165, 1.54) is 4.90 Å². The van der Waals surface area contributed by atoms with E-state index in [0.29, 0.717) is 24.4 Å². The number of carbonyl (C=O) groups is 2. The van der Waals surface area contributed by atoms with Gasteiger partial charge in [0.2, 0.25) is 11.8 Å². The SMILES string of the molecule is NC(=S)c1ccc(CN2C(=O)CCC2=O)cc1. The molecule has 17 heavy (non-hydrogen) atoms. The third-order valence-corrected chi connectivity index (χ3v) is 2.97. The molecule has 1 aliphatic rings. The summed E-state index contributed by atoms with van der Waals surface area (Å²) in [5, 5.41) is 0. The van der Waals surface area contributed by atoms with Crippen LogP contribution in [-0.2, 0) is 16.1 Å². The van der Waals surface area contributed by atoms with Crippen molar-refractivity contribution in [1.82, 2.24) is 4.90 Å². The summed E-state index contributed by atoms with van der Waals surface area (Å²) in [4.78, 5) is 24.5. The van der Waals surface area contributed by atoms with E-state index in [0.717, 1.165) is 11.1 Å². The van der Waals surface area contributed by atoms with E-state index in [1.807, 2.05) is 12.1 Å². The standard InChI is InChI=1S/C12H12N2O2S/c13-12(17)9-3-1-8(2-4-9)7-14-10(15)5-6-11(14)16/h1-4H,5-7H2,(H2,13,17). The number of nitrogens with two attached hydrogens (primary N) is 1. The molecule has 1 aromatic rings. The topological polar surface area (TPSA) is 63.4 Å². The number of benzene rings is 1. The van der Waals surface area contributed by atoms with Crippen LogP contribution in [0.25, 0.3) is 0 Å². The fourth-order valence-corrected chi connectivity index (χ4v) is 1.89. The molecule has 1 aromatic carbocycles. The average Bonchev–Trinajstić information content (AvgIpc) is 2.61. The molecule has 1 saturated heterocycles. The molecule has 0 spiro atoms. The number of imide groups is 1. The first kappa shape index (κ1) is 11.7. The van der Waals surface area contributed by atoms with Crippen molar-refractivity contribution >= 4 is 29.0 Å². The van der Waals surface area contributed by atoms with Crippen LogP contribution in [0.1, 0.15) is 24.0 Å². The Morgan fingerprint density at radius 2 is 1.71 bits per heavy atom. The van der Waals surface area contributed by atoms with Gasteiger partial charge in [-0.2, -0.15) is 0 Å². The van der Waals surface area contributed by atoms with Crippen molar-refractivity contribution < 1.29 is 9.59 Å². The van der Waals surface area contributed by atoms with Gasteiger partial charge >= 0.3 is 0 Å². The van der Waals surface area contributed by atoms with Crippen molar-refractivity contribution in [2.75, 3.05) is 0 Å². The second-order valence-corrected chi connectivity index (χ2v) is 4.37. The summed E-state index contributed by atoms with van der Waals surface area (Å²) in [5.74, 6) is -0.207. The highest BCUT2D eigenvalue weighted by Gasteiger charge is 2.28. The van der Waals surface area contributed by atoms with Crippen molar-refractivity contribution in [3.8, 4) is 0 Å². The zero-order chi connectivity index (χ0) is 12.4. The lowest BCUT2D eigenvalue weighted by Crippen LogP contribution is -2.28. The quantitative estimate of drug-likeness (QED) is 0.639. The molecule has 88 valence electrons. The lowest BCUT2D eigenvalue weighted by Gasteiger charge is -2.13. The number of likely N-dealkylation sites (tertiary alicyclic amines) is 1. The van der Waals surface area contributed by atoms with Crippen LogP contribution in [-0.4, -0.2) is 21.7 Å². The monoisotopic (exact) mass is 248 g/mol. The predicted octanol–water partition coefficient (Wildman–Crippen LogP) is 0.970. The predicted molar refractivity (Wildman–Crippen MR) is 67.1 cm³/mol. The van der Waals surface area contributed by atoms with Crippen molar-refractivity contribution in [1.29, 1.82) is 0 Å². The van der Waals surface area contributed by atoms with Crippen LogP contribution in [0.4, 0.5) is 0 Å².